The van der Waals surface area contributed by atoms with E-state index in [0.29, 0.717) is 0 Å². The third-order valence-electron chi connectivity index (χ3n) is 5.50. The van der Waals surface area contributed by atoms with Crippen LogP contribution in [-0.2, 0) is 0 Å². The fraction of sp³-hybridized carbons (Fsp3) is 0.889. The number of nitrogens with zero attached hydrogens (tertiary/aromatic N) is 3. The second kappa shape index (κ2) is 35.6. The van der Waals surface area contributed by atoms with Crippen LogP contribution in [0, 0.1) is 0 Å². The molecule has 0 fully saturated rings. The first kappa shape index (κ1) is 45.6. The van der Waals surface area contributed by atoms with Crippen LogP contribution in [0.2, 0.25) is 0 Å². The Hall–Kier alpha value is 1.60. The molecular weight excluding hydrogens is 768 g/mol. The molecule has 0 spiro atoms. The average Bonchev–Trinajstić information content (AvgIpc) is 2.84. The first-order chi connectivity index (χ1) is 17.2. The van der Waals surface area contributed by atoms with Crippen molar-refractivity contribution in [3.05, 3.63) is 0 Å². The predicted octanol–water partition coefficient (Wildman–Crippen LogP) is 8.93. The molecule has 221 valence electrons. The van der Waals surface area contributed by atoms with Gasteiger partial charge in [0.2, 0.25) is 0 Å². The Bertz CT molecular complexity index is 431. The molecule has 0 amide bonds. The molecule has 3 radical (unpaired) electrons. The number of hydrogen-bond acceptors (Lipinski definition) is 3. The first-order valence-electron chi connectivity index (χ1n) is 14.1. The van der Waals surface area contributed by atoms with Crippen molar-refractivity contribution >= 4 is 114 Å². The number of rotatable bonds is 18. The Morgan fingerprint density at radius 2 is 0.541 bits per heavy atom. The van der Waals surface area contributed by atoms with Crippen LogP contribution in [-0.4, -0.2) is 93.1 Å². The summed E-state index contributed by atoms with van der Waals surface area (Å²) in [6.07, 6.45) is 14.6. The van der Waals surface area contributed by atoms with Gasteiger partial charge in [0.05, 0.1) is 0 Å². The second-order valence-corrected chi connectivity index (χ2v) is 12.3. The van der Waals surface area contributed by atoms with Gasteiger partial charge in [0.15, 0.2) is 0 Å². The summed E-state index contributed by atoms with van der Waals surface area (Å²) in [5, 5.41) is 0. The number of thiol groups is 3. The average molecular weight is 825 g/mol. The standard InChI is InChI=1S/3C9H19NS2.Bi/c3*1-3-5-7-10(9(11)12)8-6-4-2;/h3*3-8H2,1-2H3,(H,11,12);. The van der Waals surface area contributed by atoms with Crippen LogP contribution in [0.1, 0.15) is 119 Å². The van der Waals surface area contributed by atoms with E-state index in [1.54, 1.807) is 0 Å². The van der Waals surface area contributed by atoms with Gasteiger partial charge in [0, 0.05) is 65.5 Å². The zero-order chi connectivity index (χ0) is 28.2. The molecule has 0 aromatic carbocycles. The summed E-state index contributed by atoms with van der Waals surface area (Å²) in [4.78, 5) is 6.56. The summed E-state index contributed by atoms with van der Waals surface area (Å²) in [6.45, 7) is 19.6. The van der Waals surface area contributed by atoms with Gasteiger partial charge in [0.1, 0.15) is 13.0 Å². The summed E-state index contributed by atoms with van der Waals surface area (Å²) in [7, 11) is 0. The smallest absolute Gasteiger partial charge is 0.133 e. The Kier molecular flexibility index (Phi) is 43.9. The van der Waals surface area contributed by atoms with Gasteiger partial charge in [-0.1, -0.05) is 117 Å². The predicted molar refractivity (Wildman–Crippen MR) is 195 cm³/mol. The monoisotopic (exact) mass is 824 g/mol. The fourth-order valence-electron chi connectivity index (χ4n) is 3.00. The van der Waals surface area contributed by atoms with Crippen molar-refractivity contribution in [2.75, 3.05) is 39.3 Å². The van der Waals surface area contributed by atoms with E-state index in [9.17, 15) is 0 Å². The van der Waals surface area contributed by atoms with E-state index in [0.717, 1.165) is 52.2 Å². The van der Waals surface area contributed by atoms with E-state index >= 15 is 0 Å². The van der Waals surface area contributed by atoms with Gasteiger partial charge >= 0.3 is 0 Å². The summed E-state index contributed by atoms with van der Waals surface area (Å²) < 4.78 is 2.24. The fourth-order valence-corrected chi connectivity index (χ4v) is 4.15. The summed E-state index contributed by atoms with van der Waals surface area (Å²) in [6, 6.07) is 0. The molecule has 0 aromatic rings. The molecule has 0 saturated carbocycles. The minimum Gasteiger partial charge on any atom is -0.358 e. The number of thiocarbonyl (C=S) groups is 3. The third-order valence-corrected chi connectivity index (χ3v) is 7.12. The second-order valence-electron chi connectivity index (χ2n) is 8.93. The van der Waals surface area contributed by atoms with Crippen LogP contribution in [0.4, 0.5) is 0 Å². The van der Waals surface area contributed by atoms with Crippen molar-refractivity contribution in [1.82, 2.24) is 14.7 Å². The van der Waals surface area contributed by atoms with Crippen molar-refractivity contribution in [2.45, 2.75) is 119 Å². The van der Waals surface area contributed by atoms with E-state index in [1.165, 1.54) is 77.0 Å². The van der Waals surface area contributed by atoms with Gasteiger partial charge in [-0.15, -0.1) is 37.9 Å². The molecule has 0 atom stereocenters. The summed E-state index contributed by atoms with van der Waals surface area (Å²) >= 11 is 27.7. The molecule has 0 aromatic heterocycles. The Labute approximate surface area is 283 Å². The minimum absolute atomic E-state index is 0. The molecule has 0 bridgehead atoms. The van der Waals surface area contributed by atoms with E-state index in [1.807, 2.05) is 0 Å². The van der Waals surface area contributed by atoms with E-state index in [-0.39, 0.29) is 26.2 Å². The number of unbranched alkanes of at least 4 members (excludes halogenated alkanes) is 6. The van der Waals surface area contributed by atoms with Gasteiger partial charge < -0.3 is 14.7 Å². The molecule has 0 saturated heterocycles. The minimum atomic E-state index is 0. The Morgan fingerprint density at radius 3 is 0.622 bits per heavy atom. The van der Waals surface area contributed by atoms with E-state index in [4.69, 9.17) is 36.7 Å². The first-order valence-corrected chi connectivity index (χ1v) is 16.7. The van der Waals surface area contributed by atoms with Crippen molar-refractivity contribution in [1.29, 1.82) is 0 Å². The Morgan fingerprint density at radius 1 is 0.405 bits per heavy atom. The third kappa shape index (κ3) is 33.7. The molecule has 0 rings (SSSR count). The topological polar surface area (TPSA) is 9.72 Å². The quantitative estimate of drug-likeness (QED) is 0.0720. The molecule has 0 aliphatic rings. The van der Waals surface area contributed by atoms with E-state index in [2.05, 4.69) is 94.1 Å². The van der Waals surface area contributed by atoms with Gasteiger partial charge in [0.25, 0.3) is 0 Å². The zero-order valence-corrected chi connectivity index (χ0v) is 33.2. The van der Waals surface area contributed by atoms with E-state index < -0.39 is 0 Å². The molecular formula is C27H57BiN3S6. The Balaban J connectivity index is -0.000000218. The van der Waals surface area contributed by atoms with Gasteiger partial charge in [-0.25, -0.2) is 0 Å². The van der Waals surface area contributed by atoms with Crippen LogP contribution >= 0.6 is 74.5 Å². The zero-order valence-electron chi connectivity index (χ0n) is 24.6. The van der Waals surface area contributed by atoms with Crippen LogP contribution in [0.3, 0.4) is 0 Å². The molecule has 0 aliphatic carbocycles. The van der Waals surface area contributed by atoms with Crippen molar-refractivity contribution in [3.63, 3.8) is 0 Å². The maximum atomic E-state index is 5.03. The van der Waals surface area contributed by atoms with Crippen LogP contribution in [0.15, 0.2) is 0 Å². The van der Waals surface area contributed by atoms with Crippen LogP contribution in [0.25, 0.3) is 0 Å². The molecule has 37 heavy (non-hydrogen) atoms. The van der Waals surface area contributed by atoms with Crippen molar-refractivity contribution in [3.8, 4) is 0 Å². The molecule has 3 nitrogen and oxygen atoms in total. The maximum absolute atomic E-state index is 5.03. The number of hydrogen-bond donors (Lipinski definition) is 3. The largest absolute Gasteiger partial charge is 0.358 e. The van der Waals surface area contributed by atoms with Crippen LogP contribution in [0.5, 0.6) is 0 Å². The maximum Gasteiger partial charge on any atom is 0.133 e. The van der Waals surface area contributed by atoms with Crippen LogP contribution < -0.4 is 0 Å². The van der Waals surface area contributed by atoms with Gasteiger partial charge in [-0.05, 0) is 38.5 Å². The normalized spacial score (nSPS) is 9.65. The van der Waals surface area contributed by atoms with Gasteiger partial charge in [-0.3, -0.25) is 0 Å². The molecule has 10 heteroatoms. The van der Waals surface area contributed by atoms with Crippen molar-refractivity contribution in [2.24, 2.45) is 0 Å². The summed E-state index contributed by atoms with van der Waals surface area (Å²) in [5.74, 6) is 0. The molecule has 0 heterocycles. The van der Waals surface area contributed by atoms with Crippen molar-refractivity contribution < 1.29 is 0 Å². The summed E-state index contributed by atoms with van der Waals surface area (Å²) in [5.41, 5.74) is 0. The van der Waals surface area contributed by atoms with Gasteiger partial charge in [-0.2, -0.15) is 0 Å². The molecule has 0 unspecified atom stereocenters. The molecule has 0 aliphatic heterocycles. The molecule has 0 N–H and O–H groups in total. The SMILES string of the molecule is CCCCN(CCCC)C(=S)S.CCCCN(CCCC)C(=S)S.CCCCN(CCCC)C(=S)S.[Bi].